The molecule has 29 heavy (non-hydrogen) atoms. The van der Waals surface area contributed by atoms with Crippen molar-refractivity contribution in [3.63, 3.8) is 0 Å². The molecule has 3 rings (SSSR count). The second-order valence-corrected chi connectivity index (χ2v) is 6.52. The molecule has 1 N–H and O–H groups in total. The second kappa shape index (κ2) is 9.67. The van der Waals surface area contributed by atoms with Gasteiger partial charge < -0.3 is 31.9 Å². The van der Waals surface area contributed by atoms with Crippen LogP contribution in [0.15, 0.2) is 36.5 Å². The lowest BCUT2D eigenvalue weighted by Gasteiger charge is -2.16. The minimum absolute atomic E-state index is 0. The molecule has 2 aromatic carbocycles. The number of carbonyl (C=O) groups excluding carboxylic acids is 1. The van der Waals surface area contributed by atoms with E-state index in [1.54, 1.807) is 39.3 Å². The first-order chi connectivity index (χ1) is 13.5. The van der Waals surface area contributed by atoms with Crippen molar-refractivity contribution in [3.05, 3.63) is 52.7 Å². The van der Waals surface area contributed by atoms with Gasteiger partial charge in [0.1, 0.15) is 5.56 Å². The smallest absolute Gasteiger partial charge is 0.341 e. The van der Waals surface area contributed by atoms with E-state index in [9.17, 15) is 4.79 Å². The Kier molecular flexibility index (Phi) is 7.53. The van der Waals surface area contributed by atoms with Crippen LogP contribution >= 0.6 is 11.6 Å². The highest BCUT2D eigenvalue weighted by Gasteiger charge is 2.19. The summed E-state index contributed by atoms with van der Waals surface area (Å²) in [6.07, 6.45) is 1.52. The third-order valence-electron chi connectivity index (χ3n) is 4.27. The van der Waals surface area contributed by atoms with Gasteiger partial charge in [0.15, 0.2) is 11.5 Å². The van der Waals surface area contributed by atoms with Gasteiger partial charge in [-0.1, -0.05) is 11.6 Å². The molecule has 0 saturated carbocycles. The van der Waals surface area contributed by atoms with Gasteiger partial charge >= 0.3 is 5.97 Å². The number of nitrogens with one attached hydrogen (secondary N) is 1. The van der Waals surface area contributed by atoms with Gasteiger partial charge in [0.05, 0.1) is 32.0 Å². The monoisotopic (exact) mass is 435 g/mol. The van der Waals surface area contributed by atoms with Crippen molar-refractivity contribution in [2.45, 2.75) is 13.8 Å². The third kappa shape index (κ3) is 4.66. The van der Waals surface area contributed by atoms with Crippen LogP contribution in [-0.2, 0) is 4.74 Å². The molecule has 3 aromatic rings. The lowest BCUT2D eigenvalue weighted by molar-refractivity contribution is -0.0000243. The maximum atomic E-state index is 12.5. The van der Waals surface area contributed by atoms with Crippen LogP contribution in [0.1, 0.15) is 22.8 Å². The zero-order valence-corrected chi connectivity index (χ0v) is 18.0. The number of ether oxygens (including phenoxy) is 3. The van der Waals surface area contributed by atoms with E-state index < -0.39 is 5.97 Å². The maximum Gasteiger partial charge on any atom is 0.341 e. The molecule has 154 valence electrons. The van der Waals surface area contributed by atoms with E-state index in [1.165, 1.54) is 6.20 Å². The fourth-order valence-corrected chi connectivity index (χ4v) is 3.27. The number of fused-ring (bicyclic) bond motifs is 1. The molecule has 0 unspecified atom stereocenters. The molecule has 0 aliphatic heterocycles. The van der Waals surface area contributed by atoms with E-state index in [0.29, 0.717) is 33.5 Å². The molecular formula is C21H21Cl2N2O4-. The molecule has 0 aliphatic rings. The Labute approximate surface area is 180 Å². The molecule has 1 heterocycles. The summed E-state index contributed by atoms with van der Waals surface area (Å²) in [5.41, 5.74) is 3.27. The Morgan fingerprint density at radius 3 is 2.52 bits per heavy atom. The van der Waals surface area contributed by atoms with Crippen LogP contribution in [0.5, 0.6) is 11.5 Å². The molecule has 0 amide bonds. The number of esters is 1. The molecule has 1 aromatic heterocycles. The molecule has 8 heteroatoms. The van der Waals surface area contributed by atoms with E-state index in [4.69, 9.17) is 25.8 Å². The van der Waals surface area contributed by atoms with Crippen molar-refractivity contribution in [1.29, 1.82) is 0 Å². The zero-order valence-electron chi connectivity index (χ0n) is 16.5. The quantitative estimate of drug-likeness (QED) is 0.598. The van der Waals surface area contributed by atoms with Gasteiger partial charge in [-0.2, -0.15) is 0 Å². The van der Waals surface area contributed by atoms with Crippen molar-refractivity contribution >= 4 is 39.8 Å². The number of benzene rings is 2. The van der Waals surface area contributed by atoms with E-state index in [0.717, 1.165) is 16.5 Å². The van der Waals surface area contributed by atoms with Crippen molar-refractivity contribution in [2.24, 2.45) is 0 Å². The first kappa shape index (κ1) is 22.6. The van der Waals surface area contributed by atoms with Crippen LogP contribution in [0.3, 0.4) is 0 Å². The summed E-state index contributed by atoms with van der Waals surface area (Å²) in [7, 11) is 3.14. The van der Waals surface area contributed by atoms with Crippen LogP contribution in [0.2, 0.25) is 5.02 Å². The fraction of sp³-hybridized carbons (Fsp3) is 0.238. The summed E-state index contributed by atoms with van der Waals surface area (Å²) in [5, 5.41) is 4.59. The van der Waals surface area contributed by atoms with Crippen LogP contribution < -0.4 is 27.2 Å². The standard InChI is InChI=1S/C21H21ClN2O4.ClH/c1-5-28-21(25)16-11-23-19-12(2)8-13(22)9-15(19)20(16)24-14-6-7-17(26-3)18(10-14)27-4;/h6-11H,5H2,1-4H3,(H,23,24);1H/p-1. The van der Waals surface area contributed by atoms with Gasteiger partial charge in [-0.25, -0.2) is 4.79 Å². The molecular weight excluding hydrogens is 415 g/mol. The molecule has 0 aliphatic carbocycles. The average Bonchev–Trinajstić information content (AvgIpc) is 2.68. The van der Waals surface area contributed by atoms with E-state index in [-0.39, 0.29) is 19.0 Å². The van der Waals surface area contributed by atoms with Crippen molar-refractivity contribution in [2.75, 3.05) is 26.1 Å². The Balaban J connectivity index is 0.00000300. The minimum atomic E-state index is -0.461. The van der Waals surface area contributed by atoms with Gasteiger partial charge in [-0.05, 0) is 43.7 Å². The predicted octanol–water partition coefficient (Wildman–Crippen LogP) is 2.14. The van der Waals surface area contributed by atoms with E-state index >= 15 is 0 Å². The number of nitrogens with zero attached hydrogens (tertiary/aromatic N) is 1. The van der Waals surface area contributed by atoms with Crippen LogP contribution in [0.25, 0.3) is 10.9 Å². The predicted molar refractivity (Wildman–Crippen MR) is 110 cm³/mol. The number of carbonyl (C=O) groups is 1. The highest BCUT2D eigenvalue weighted by molar-refractivity contribution is 6.31. The van der Waals surface area contributed by atoms with Crippen molar-refractivity contribution < 1.29 is 31.4 Å². The average molecular weight is 436 g/mol. The molecule has 0 atom stereocenters. The summed E-state index contributed by atoms with van der Waals surface area (Å²) in [4.78, 5) is 17.0. The summed E-state index contributed by atoms with van der Waals surface area (Å²) in [5.74, 6) is 0.715. The first-order valence-corrected chi connectivity index (χ1v) is 9.11. The van der Waals surface area contributed by atoms with Gasteiger partial charge in [-0.3, -0.25) is 4.98 Å². The Hall–Kier alpha value is -2.70. The SMILES string of the molecule is CCOC(=O)c1cnc2c(C)cc(Cl)cc2c1Nc1ccc(OC)c(OC)c1.[Cl-]. The Morgan fingerprint density at radius 1 is 1.14 bits per heavy atom. The number of rotatable bonds is 6. The molecule has 0 saturated heterocycles. The largest absolute Gasteiger partial charge is 1.00 e. The molecule has 0 bridgehead atoms. The van der Waals surface area contributed by atoms with Gasteiger partial charge in [-0.15, -0.1) is 0 Å². The first-order valence-electron chi connectivity index (χ1n) is 8.73. The number of aromatic nitrogens is 1. The minimum Gasteiger partial charge on any atom is -1.00 e. The second-order valence-electron chi connectivity index (χ2n) is 6.08. The van der Waals surface area contributed by atoms with E-state index in [1.807, 2.05) is 19.1 Å². The number of hydrogen-bond donors (Lipinski definition) is 1. The van der Waals surface area contributed by atoms with Gasteiger partial charge in [0, 0.05) is 28.4 Å². The fourth-order valence-electron chi connectivity index (χ4n) is 2.99. The van der Waals surface area contributed by atoms with Gasteiger partial charge in [0.25, 0.3) is 0 Å². The number of aryl methyl sites for hydroxylation is 1. The lowest BCUT2D eigenvalue weighted by atomic mass is 10.1. The highest BCUT2D eigenvalue weighted by atomic mass is 35.5. The maximum absolute atomic E-state index is 12.5. The topological polar surface area (TPSA) is 69.7 Å². The molecule has 0 spiro atoms. The summed E-state index contributed by atoms with van der Waals surface area (Å²) >= 11 is 6.27. The summed E-state index contributed by atoms with van der Waals surface area (Å²) in [6.45, 7) is 3.95. The van der Waals surface area contributed by atoms with Crippen molar-refractivity contribution in [3.8, 4) is 11.5 Å². The number of pyridine rings is 1. The third-order valence-corrected chi connectivity index (χ3v) is 4.49. The summed E-state index contributed by atoms with van der Waals surface area (Å²) < 4.78 is 15.8. The van der Waals surface area contributed by atoms with Crippen molar-refractivity contribution in [1.82, 2.24) is 4.98 Å². The van der Waals surface area contributed by atoms with Crippen LogP contribution in [0.4, 0.5) is 11.4 Å². The molecule has 6 nitrogen and oxygen atoms in total. The Morgan fingerprint density at radius 2 is 1.86 bits per heavy atom. The summed E-state index contributed by atoms with van der Waals surface area (Å²) in [6, 6.07) is 9.02. The lowest BCUT2D eigenvalue weighted by Crippen LogP contribution is -3.00. The normalized spacial score (nSPS) is 10.2. The van der Waals surface area contributed by atoms with Gasteiger partial charge in [0.2, 0.25) is 0 Å². The molecule has 0 fully saturated rings. The highest BCUT2D eigenvalue weighted by Crippen LogP contribution is 2.36. The number of hydrogen-bond acceptors (Lipinski definition) is 6. The van der Waals surface area contributed by atoms with Crippen LogP contribution in [-0.4, -0.2) is 31.8 Å². The number of methoxy groups -OCH3 is 2. The molecule has 0 radical (unpaired) electrons. The zero-order chi connectivity index (χ0) is 20.3. The Bertz CT molecular complexity index is 1040. The number of anilines is 2. The van der Waals surface area contributed by atoms with Crippen LogP contribution in [0, 0.1) is 6.92 Å². The van der Waals surface area contributed by atoms with E-state index in [2.05, 4.69) is 10.3 Å². The number of halogens is 2.